The Bertz CT molecular complexity index is 491. The number of hydrogen-bond acceptors (Lipinski definition) is 2. The summed E-state index contributed by atoms with van der Waals surface area (Å²) in [4.78, 5) is 0. The van der Waals surface area contributed by atoms with Crippen LogP contribution < -0.4 is 5.73 Å². The summed E-state index contributed by atoms with van der Waals surface area (Å²) < 4.78 is 14.8. The molecule has 0 spiro atoms. The van der Waals surface area contributed by atoms with E-state index >= 15 is 0 Å². The Morgan fingerprint density at radius 1 is 1.44 bits per heavy atom. The van der Waals surface area contributed by atoms with Crippen molar-refractivity contribution in [2.24, 2.45) is 12.8 Å². The van der Waals surface area contributed by atoms with Gasteiger partial charge in [-0.05, 0) is 30.7 Å². The molecule has 0 amide bonds. The zero-order chi connectivity index (χ0) is 11.5. The number of benzene rings is 1. The molecule has 1 heterocycles. The largest absolute Gasteiger partial charge is 0.330 e. The SMILES string of the molecule is Cn1cc(CCN)c(-c2cccc(F)c2)n1. The van der Waals surface area contributed by atoms with Gasteiger partial charge in [0.15, 0.2) is 0 Å². The van der Waals surface area contributed by atoms with Gasteiger partial charge in [-0.15, -0.1) is 0 Å². The molecule has 84 valence electrons. The molecule has 0 aliphatic carbocycles. The summed E-state index contributed by atoms with van der Waals surface area (Å²) in [5.74, 6) is -0.248. The van der Waals surface area contributed by atoms with Gasteiger partial charge in [-0.3, -0.25) is 4.68 Å². The van der Waals surface area contributed by atoms with Crippen LogP contribution in [0.1, 0.15) is 5.56 Å². The summed E-state index contributed by atoms with van der Waals surface area (Å²) in [5.41, 5.74) is 8.19. The van der Waals surface area contributed by atoms with Crippen LogP contribution >= 0.6 is 0 Å². The molecule has 0 atom stereocenters. The Labute approximate surface area is 93.7 Å². The van der Waals surface area contributed by atoms with Gasteiger partial charge in [0.05, 0.1) is 5.69 Å². The third kappa shape index (κ3) is 2.12. The average Bonchev–Trinajstić information content (AvgIpc) is 2.60. The fourth-order valence-corrected chi connectivity index (χ4v) is 1.75. The second-order valence-corrected chi connectivity index (χ2v) is 3.73. The first-order valence-corrected chi connectivity index (χ1v) is 5.19. The van der Waals surface area contributed by atoms with Gasteiger partial charge < -0.3 is 5.73 Å². The van der Waals surface area contributed by atoms with Crippen molar-refractivity contribution in [1.29, 1.82) is 0 Å². The van der Waals surface area contributed by atoms with E-state index in [9.17, 15) is 4.39 Å². The maximum Gasteiger partial charge on any atom is 0.123 e. The lowest BCUT2D eigenvalue weighted by Crippen LogP contribution is -2.02. The van der Waals surface area contributed by atoms with Crippen LogP contribution in [0.15, 0.2) is 30.5 Å². The predicted molar refractivity (Wildman–Crippen MR) is 61.4 cm³/mol. The fourth-order valence-electron chi connectivity index (χ4n) is 1.75. The summed E-state index contributed by atoms with van der Waals surface area (Å²) >= 11 is 0. The summed E-state index contributed by atoms with van der Waals surface area (Å²) in [7, 11) is 1.85. The van der Waals surface area contributed by atoms with Crippen molar-refractivity contribution < 1.29 is 4.39 Å². The Hall–Kier alpha value is -1.68. The molecule has 0 radical (unpaired) electrons. The van der Waals surface area contributed by atoms with E-state index in [1.165, 1.54) is 12.1 Å². The molecule has 0 aliphatic rings. The average molecular weight is 219 g/mol. The lowest BCUT2D eigenvalue weighted by molar-refractivity contribution is 0.628. The first-order valence-electron chi connectivity index (χ1n) is 5.19. The van der Waals surface area contributed by atoms with Crippen LogP contribution in [0.5, 0.6) is 0 Å². The predicted octanol–water partition coefficient (Wildman–Crippen LogP) is 1.73. The number of halogens is 1. The van der Waals surface area contributed by atoms with Crippen molar-refractivity contribution in [2.75, 3.05) is 6.54 Å². The molecule has 0 saturated carbocycles. The molecule has 1 aromatic heterocycles. The zero-order valence-electron chi connectivity index (χ0n) is 9.15. The molecule has 16 heavy (non-hydrogen) atoms. The van der Waals surface area contributed by atoms with Crippen molar-refractivity contribution in [3.63, 3.8) is 0 Å². The van der Waals surface area contributed by atoms with E-state index in [2.05, 4.69) is 5.10 Å². The zero-order valence-corrected chi connectivity index (χ0v) is 9.15. The molecular formula is C12H14FN3. The summed E-state index contributed by atoms with van der Waals surface area (Å²) in [6, 6.07) is 6.45. The normalized spacial score (nSPS) is 10.7. The maximum atomic E-state index is 13.1. The molecule has 0 saturated heterocycles. The Morgan fingerprint density at radius 3 is 2.94 bits per heavy atom. The van der Waals surface area contributed by atoms with E-state index in [4.69, 9.17) is 5.73 Å². The van der Waals surface area contributed by atoms with Gasteiger partial charge >= 0.3 is 0 Å². The van der Waals surface area contributed by atoms with Gasteiger partial charge in [-0.1, -0.05) is 12.1 Å². The maximum absolute atomic E-state index is 13.1. The van der Waals surface area contributed by atoms with Crippen molar-refractivity contribution in [2.45, 2.75) is 6.42 Å². The number of rotatable bonds is 3. The first kappa shape index (κ1) is 10.8. The summed E-state index contributed by atoms with van der Waals surface area (Å²) in [6.45, 7) is 0.564. The standard InChI is InChI=1S/C12H14FN3/c1-16-8-10(5-6-14)12(15-16)9-3-2-4-11(13)7-9/h2-4,7-8H,5-6,14H2,1H3. The lowest BCUT2D eigenvalue weighted by Gasteiger charge is -2.00. The fraction of sp³-hybridized carbons (Fsp3) is 0.250. The minimum Gasteiger partial charge on any atom is -0.330 e. The molecule has 1 aromatic carbocycles. The van der Waals surface area contributed by atoms with Gasteiger partial charge in [0.1, 0.15) is 5.82 Å². The molecular weight excluding hydrogens is 205 g/mol. The van der Waals surface area contributed by atoms with E-state index in [0.29, 0.717) is 6.54 Å². The summed E-state index contributed by atoms with van der Waals surface area (Å²) in [6.07, 6.45) is 2.67. The highest BCUT2D eigenvalue weighted by atomic mass is 19.1. The third-order valence-corrected chi connectivity index (χ3v) is 2.42. The van der Waals surface area contributed by atoms with Crippen LogP contribution in [0.2, 0.25) is 0 Å². The van der Waals surface area contributed by atoms with Crippen molar-refractivity contribution in [3.05, 3.63) is 41.8 Å². The number of nitrogens with two attached hydrogens (primary N) is 1. The monoisotopic (exact) mass is 219 g/mol. The van der Waals surface area contributed by atoms with Gasteiger partial charge in [-0.2, -0.15) is 5.10 Å². The topological polar surface area (TPSA) is 43.8 Å². The molecule has 0 unspecified atom stereocenters. The van der Waals surface area contributed by atoms with Crippen molar-refractivity contribution in [3.8, 4) is 11.3 Å². The van der Waals surface area contributed by atoms with Crippen LogP contribution in [-0.4, -0.2) is 16.3 Å². The quantitative estimate of drug-likeness (QED) is 0.854. The van der Waals surface area contributed by atoms with Crippen LogP contribution in [0.25, 0.3) is 11.3 Å². The molecule has 0 bridgehead atoms. The number of aromatic nitrogens is 2. The summed E-state index contributed by atoms with van der Waals surface area (Å²) in [5, 5.41) is 4.34. The second-order valence-electron chi connectivity index (χ2n) is 3.73. The minimum atomic E-state index is -0.248. The Morgan fingerprint density at radius 2 is 2.25 bits per heavy atom. The molecule has 3 nitrogen and oxygen atoms in total. The van der Waals surface area contributed by atoms with E-state index in [1.807, 2.05) is 19.3 Å². The minimum absolute atomic E-state index is 0.248. The molecule has 2 aromatic rings. The first-order chi connectivity index (χ1) is 7.70. The van der Waals surface area contributed by atoms with Crippen LogP contribution in [-0.2, 0) is 13.5 Å². The number of nitrogens with zero attached hydrogens (tertiary/aromatic N) is 2. The highest BCUT2D eigenvalue weighted by Gasteiger charge is 2.09. The van der Waals surface area contributed by atoms with Crippen LogP contribution in [0.3, 0.4) is 0 Å². The Balaban J connectivity index is 2.46. The van der Waals surface area contributed by atoms with Crippen LogP contribution in [0.4, 0.5) is 4.39 Å². The third-order valence-electron chi connectivity index (χ3n) is 2.42. The smallest absolute Gasteiger partial charge is 0.123 e. The van der Waals surface area contributed by atoms with Crippen molar-refractivity contribution in [1.82, 2.24) is 9.78 Å². The van der Waals surface area contributed by atoms with Gasteiger partial charge in [0, 0.05) is 18.8 Å². The number of aryl methyl sites for hydroxylation is 1. The second kappa shape index (κ2) is 4.45. The highest BCUT2D eigenvalue weighted by molar-refractivity contribution is 5.62. The highest BCUT2D eigenvalue weighted by Crippen LogP contribution is 2.22. The number of hydrogen-bond donors (Lipinski definition) is 1. The van der Waals surface area contributed by atoms with Crippen molar-refractivity contribution >= 4 is 0 Å². The lowest BCUT2D eigenvalue weighted by atomic mass is 10.1. The van der Waals surface area contributed by atoms with Crippen LogP contribution in [0, 0.1) is 5.82 Å². The molecule has 0 fully saturated rings. The van der Waals surface area contributed by atoms with E-state index in [0.717, 1.165) is 23.2 Å². The molecule has 4 heteroatoms. The van der Waals surface area contributed by atoms with E-state index < -0.39 is 0 Å². The molecule has 2 rings (SSSR count). The molecule has 0 aliphatic heterocycles. The van der Waals surface area contributed by atoms with Gasteiger partial charge in [0.2, 0.25) is 0 Å². The Kier molecular flexibility index (Phi) is 3.01. The van der Waals surface area contributed by atoms with E-state index in [-0.39, 0.29) is 5.82 Å². The van der Waals surface area contributed by atoms with Gasteiger partial charge in [0.25, 0.3) is 0 Å². The molecule has 2 N–H and O–H groups in total. The van der Waals surface area contributed by atoms with Gasteiger partial charge in [-0.25, -0.2) is 4.39 Å². The van der Waals surface area contributed by atoms with E-state index in [1.54, 1.807) is 10.7 Å².